The zero-order valence-corrected chi connectivity index (χ0v) is 16.7. The molecule has 0 amide bonds. The number of allylic oxidation sites excluding steroid dienone is 4. The molecule has 0 N–H and O–H groups in total. The molecule has 31 heavy (non-hydrogen) atoms. The summed E-state index contributed by atoms with van der Waals surface area (Å²) in [4.78, 5) is 21.8. The fourth-order valence-corrected chi connectivity index (χ4v) is 4.64. The zero-order chi connectivity index (χ0) is 21.4. The molecular weight excluding hydrogens is 404 g/mol. The van der Waals surface area contributed by atoms with Crippen molar-refractivity contribution >= 4 is 12.2 Å². The number of hydrogen-bond acceptors (Lipinski definition) is 6. The number of nitrogens with zero attached hydrogens (tertiary/aromatic N) is 5. The van der Waals surface area contributed by atoms with Crippen molar-refractivity contribution in [1.29, 1.82) is 0 Å². The number of aliphatic imine (C=N–C) groups is 1. The summed E-state index contributed by atoms with van der Waals surface area (Å²) in [6, 6.07) is 2.28. The highest BCUT2D eigenvalue weighted by molar-refractivity contribution is 5.81. The summed E-state index contributed by atoms with van der Waals surface area (Å²) in [5, 5.41) is 7.89. The zero-order valence-electron chi connectivity index (χ0n) is 16.7. The number of ether oxygens (including phenoxy) is 1. The van der Waals surface area contributed by atoms with E-state index in [0.29, 0.717) is 49.3 Å². The highest BCUT2D eigenvalue weighted by Gasteiger charge is 2.39. The topological polar surface area (TPSA) is 82.3 Å². The quantitative estimate of drug-likeness (QED) is 0.699. The van der Waals surface area contributed by atoms with Crippen molar-refractivity contribution in [2.45, 2.75) is 50.2 Å². The maximum Gasteiger partial charge on any atom is 0.330 e. The van der Waals surface area contributed by atoms with Crippen LogP contribution in [0.5, 0.6) is 0 Å². The maximum absolute atomic E-state index is 14.0. The van der Waals surface area contributed by atoms with Crippen LogP contribution >= 0.6 is 0 Å². The molecule has 2 aromatic rings. The second-order valence-electron chi connectivity index (χ2n) is 8.08. The Morgan fingerprint density at radius 1 is 1.19 bits per heavy atom. The normalized spacial score (nSPS) is 27.4. The van der Waals surface area contributed by atoms with Gasteiger partial charge in [-0.3, -0.25) is 14.5 Å². The SMILES string of the molecule is O=C(OC1CCC(c2ncccc2F)CC1)C1C2CC=C(F)C=C2N=Cc2nncn21. The lowest BCUT2D eigenvalue weighted by Gasteiger charge is -2.31. The summed E-state index contributed by atoms with van der Waals surface area (Å²) in [5.74, 6) is -0.989. The molecule has 2 unspecified atom stereocenters. The number of carbonyl (C=O) groups is 1. The van der Waals surface area contributed by atoms with Crippen molar-refractivity contribution in [3.63, 3.8) is 0 Å². The molecule has 160 valence electrons. The van der Waals surface area contributed by atoms with Crippen LogP contribution in [0.2, 0.25) is 0 Å². The summed E-state index contributed by atoms with van der Waals surface area (Å²) in [6.45, 7) is 0. The standard InChI is InChI=1S/C22H21F2N5O2/c23-14-5-8-16-18(10-14)26-11-19-28-27-12-29(19)21(16)22(30)31-15-6-3-13(4-7-15)20-17(24)2-1-9-25-20/h1-2,5,9-13,15-16,21H,3-4,6-8H2. The molecule has 5 rings (SSSR count). The third-order valence-corrected chi connectivity index (χ3v) is 6.22. The van der Waals surface area contributed by atoms with Crippen LogP contribution in [0, 0.1) is 11.7 Å². The Labute approximate surface area is 177 Å². The van der Waals surface area contributed by atoms with Crippen LogP contribution in [0.25, 0.3) is 0 Å². The molecule has 0 radical (unpaired) electrons. The van der Waals surface area contributed by atoms with Gasteiger partial charge in [0.2, 0.25) is 0 Å². The molecular formula is C22H21F2N5O2. The Hall–Kier alpha value is -3.23. The minimum absolute atomic E-state index is 0.0212. The maximum atomic E-state index is 14.0. The van der Waals surface area contributed by atoms with Gasteiger partial charge in [-0.25, -0.2) is 13.6 Å². The van der Waals surface area contributed by atoms with Gasteiger partial charge >= 0.3 is 5.97 Å². The average molecular weight is 425 g/mol. The summed E-state index contributed by atoms with van der Waals surface area (Å²) in [6.07, 6.45) is 10.1. The average Bonchev–Trinajstić information content (AvgIpc) is 3.17. The van der Waals surface area contributed by atoms with Crippen molar-refractivity contribution in [2.24, 2.45) is 10.9 Å². The summed E-state index contributed by atoms with van der Waals surface area (Å²) < 4.78 is 35.3. The Morgan fingerprint density at radius 3 is 2.84 bits per heavy atom. The van der Waals surface area contributed by atoms with E-state index < -0.39 is 12.0 Å². The van der Waals surface area contributed by atoms with Gasteiger partial charge in [0.15, 0.2) is 5.82 Å². The van der Waals surface area contributed by atoms with Gasteiger partial charge in [0, 0.05) is 23.7 Å². The second-order valence-corrected chi connectivity index (χ2v) is 8.08. The number of aromatic nitrogens is 4. The van der Waals surface area contributed by atoms with Crippen molar-refractivity contribution in [3.05, 3.63) is 65.7 Å². The van der Waals surface area contributed by atoms with Crippen LogP contribution in [0.1, 0.15) is 55.6 Å². The highest BCUT2D eigenvalue weighted by Crippen LogP contribution is 2.39. The van der Waals surface area contributed by atoms with E-state index in [0.717, 1.165) is 0 Å². The number of fused-ring (bicyclic) bond motifs is 2. The number of rotatable bonds is 3. The first-order chi connectivity index (χ1) is 15.1. The lowest BCUT2D eigenvalue weighted by Crippen LogP contribution is -2.34. The van der Waals surface area contributed by atoms with Gasteiger partial charge in [-0.1, -0.05) is 0 Å². The largest absolute Gasteiger partial charge is 0.461 e. The number of pyridine rings is 1. The van der Waals surface area contributed by atoms with Crippen LogP contribution in [-0.4, -0.2) is 38.0 Å². The van der Waals surface area contributed by atoms with Gasteiger partial charge in [0.05, 0.1) is 11.9 Å². The smallest absolute Gasteiger partial charge is 0.330 e. The molecule has 0 saturated heterocycles. The monoisotopic (exact) mass is 425 g/mol. The number of halogens is 2. The van der Waals surface area contributed by atoms with Crippen LogP contribution in [0.4, 0.5) is 8.78 Å². The molecule has 0 bridgehead atoms. The van der Waals surface area contributed by atoms with E-state index in [1.54, 1.807) is 16.8 Å². The van der Waals surface area contributed by atoms with Gasteiger partial charge in [-0.2, -0.15) is 0 Å². The molecule has 1 aliphatic heterocycles. The third-order valence-electron chi connectivity index (χ3n) is 6.22. The van der Waals surface area contributed by atoms with Gasteiger partial charge < -0.3 is 4.74 Å². The van der Waals surface area contributed by atoms with Gasteiger partial charge in [-0.05, 0) is 56.4 Å². The van der Waals surface area contributed by atoms with Crippen LogP contribution in [0.3, 0.4) is 0 Å². The molecule has 1 saturated carbocycles. The van der Waals surface area contributed by atoms with E-state index in [-0.39, 0.29) is 29.6 Å². The molecule has 3 heterocycles. The van der Waals surface area contributed by atoms with Gasteiger partial charge in [-0.15, -0.1) is 10.2 Å². The lowest BCUT2D eigenvalue weighted by molar-refractivity contribution is -0.156. The molecule has 2 atom stereocenters. The highest BCUT2D eigenvalue weighted by atomic mass is 19.1. The van der Waals surface area contributed by atoms with E-state index >= 15 is 0 Å². The lowest BCUT2D eigenvalue weighted by atomic mass is 9.84. The number of hydrogen-bond donors (Lipinski definition) is 0. The molecule has 7 nitrogen and oxygen atoms in total. The number of esters is 1. The van der Waals surface area contributed by atoms with Crippen molar-refractivity contribution in [3.8, 4) is 0 Å². The van der Waals surface area contributed by atoms with Crippen molar-refractivity contribution in [2.75, 3.05) is 0 Å². The first-order valence-electron chi connectivity index (χ1n) is 10.4. The van der Waals surface area contributed by atoms with Gasteiger partial charge in [0.1, 0.15) is 30.1 Å². The first-order valence-corrected chi connectivity index (χ1v) is 10.4. The molecule has 2 aliphatic carbocycles. The van der Waals surface area contributed by atoms with Crippen molar-refractivity contribution in [1.82, 2.24) is 19.7 Å². The van der Waals surface area contributed by atoms with E-state index in [2.05, 4.69) is 20.2 Å². The molecule has 0 aromatic carbocycles. The number of carbonyl (C=O) groups excluding carboxylic acids is 1. The Kier molecular flexibility index (Phi) is 5.17. The summed E-state index contributed by atoms with van der Waals surface area (Å²) in [5.41, 5.74) is 0.968. The van der Waals surface area contributed by atoms with E-state index in [1.165, 1.54) is 30.8 Å². The predicted molar refractivity (Wildman–Crippen MR) is 107 cm³/mol. The van der Waals surface area contributed by atoms with Crippen LogP contribution < -0.4 is 0 Å². The van der Waals surface area contributed by atoms with Crippen molar-refractivity contribution < 1.29 is 18.3 Å². The molecule has 1 fully saturated rings. The van der Waals surface area contributed by atoms with Crippen LogP contribution in [-0.2, 0) is 9.53 Å². The minimum Gasteiger partial charge on any atom is -0.461 e. The Balaban J connectivity index is 1.30. The van der Waals surface area contributed by atoms with E-state index in [9.17, 15) is 13.6 Å². The fourth-order valence-electron chi connectivity index (χ4n) is 4.64. The van der Waals surface area contributed by atoms with E-state index in [4.69, 9.17) is 4.74 Å². The molecule has 0 spiro atoms. The van der Waals surface area contributed by atoms with E-state index in [1.807, 2.05) is 0 Å². The summed E-state index contributed by atoms with van der Waals surface area (Å²) in [7, 11) is 0. The molecule has 9 heteroatoms. The summed E-state index contributed by atoms with van der Waals surface area (Å²) >= 11 is 0. The second kappa shape index (κ2) is 8.13. The minimum atomic E-state index is -0.728. The molecule has 2 aromatic heterocycles. The Bertz CT molecular complexity index is 1090. The Morgan fingerprint density at radius 2 is 2.03 bits per heavy atom. The molecule has 3 aliphatic rings. The fraction of sp³-hybridized carbons (Fsp3) is 0.409. The van der Waals surface area contributed by atoms with Crippen LogP contribution in [0.15, 0.2) is 53.3 Å². The third kappa shape index (κ3) is 3.80. The first kappa shape index (κ1) is 19.7. The predicted octanol–water partition coefficient (Wildman–Crippen LogP) is 3.81. The van der Waals surface area contributed by atoms with Gasteiger partial charge in [0.25, 0.3) is 0 Å².